The Hall–Kier alpha value is -0.350. The maximum absolute atomic E-state index is 4.52. The van der Waals surface area contributed by atoms with Gasteiger partial charge in [-0.2, -0.15) is 5.10 Å². The van der Waals surface area contributed by atoms with E-state index in [1.807, 2.05) is 6.20 Å². The first kappa shape index (κ1) is 15.0. The van der Waals surface area contributed by atoms with Gasteiger partial charge >= 0.3 is 0 Å². The lowest BCUT2D eigenvalue weighted by molar-refractivity contribution is 0.386. The van der Waals surface area contributed by atoms with Crippen molar-refractivity contribution in [3.8, 4) is 0 Å². The second-order valence-electron chi connectivity index (χ2n) is 6.33. The second-order valence-corrected chi connectivity index (χ2v) is 7.19. The number of aryl methyl sites for hydroxylation is 1. The van der Waals surface area contributed by atoms with E-state index in [4.69, 9.17) is 0 Å². The molecular formula is C15H26BrN3. The molecule has 19 heavy (non-hydrogen) atoms. The van der Waals surface area contributed by atoms with E-state index in [0.717, 1.165) is 29.9 Å². The third kappa shape index (κ3) is 3.22. The van der Waals surface area contributed by atoms with Crippen molar-refractivity contribution in [2.24, 2.45) is 11.3 Å². The molecule has 0 spiro atoms. The highest BCUT2D eigenvalue weighted by Gasteiger charge is 2.51. The quantitative estimate of drug-likeness (QED) is 0.815. The molecule has 1 aromatic rings. The van der Waals surface area contributed by atoms with Crippen molar-refractivity contribution in [3.63, 3.8) is 0 Å². The fourth-order valence-electron chi connectivity index (χ4n) is 2.88. The van der Waals surface area contributed by atoms with Gasteiger partial charge in [0.15, 0.2) is 0 Å². The van der Waals surface area contributed by atoms with Crippen LogP contribution in [0.1, 0.15) is 58.7 Å². The molecule has 3 nitrogen and oxygen atoms in total. The second kappa shape index (κ2) is 5.96. The zero-order chi connectivity index (χ0) is 14.0. The van der Waals surface area contributed by atoms with E-state index in [9.17, 15) is 0 Å². The molecule has 1 aliphatic rings. The molecule has 2 atom stereocenters. The smallest absolute Gasteiger partial charge is 0.0698 e. The molecule has 1 N–H and O–H groups in total. The molecule has 0 bridgehead atoms. The first-order chi connectivity index (χ1) is 9.01. The number of rotatable bonds is 7. The summed E-state index contributed by atoms with van der Waals surface area (Å²) in [4.78, 5) is 0. The summed E-state index contributed by atoms with van der Waals surface area (Å²) >= 11 is 3.69. The Morgan fingerprint density at radius 1 is 1.47 bits per heavy atom. The molecule has 0 saturated heterocycles. The average molecular weight is 328 g/mol. The van der Waals surface area contributed by atoms with Crippen LogP contribution < -0.4 is 5.32 Å². The van der Waals surface area contributed by atoms with Crippen LogP contribution in [0.15, 0.2) is 10.7 Å². The number of hydrogen-bond donors (Lipinski definition) is 1. The fourth-order valence-corrected chi connectivity index (χ4v) is 3.42. The van der Waals surface area contributed by atoms with Gasteiger partial charge in [0.1, 0.15) is 0 Å². The summed E-state index contributed by atoms with van der Waals surface area (Å²) < 4.78 is 3.32. The number of aromatic nitrogens is 2. The van der Waals surface area contributed by atoms with Crippen LogP contribution in [0.25, 0.3) is 0 Å². The Kier molecular flexibility index (Phi) is 4.72. The Bertz CT molecular complexity index is 425. The zero-order valence-electron chi connectivity index (χ0n) is 12.5. The normalized spacial score (nSPS) is 22.5. The van der Waals surface area contributed by atoms with Crippen molar-refractivity contribution in [1.29, 1.82) is 0 Å². The topological polar surface area (TPSA) is 29.9 Å². The zero-order valence-corrected chi connectivity index (χ0v) is 14.1. The van der Waals surface area contributed by atoms with Gasteiger partial charge in [-0.15, -0.1) is 0 Å². The highest BCUT2D eigenvalue weighted by atomic mass is 79.9. The van der Waals surface area contributed by atoms with Crippen LogP contribution in [0.4, 0.5) is 0 Å². The fraction of sp³-hybridized carbons (Fsp3) is 0.800. The van der Waals surface area contributed by atoms with Crippen molar-refractivity contribution in [2.45, 2.75) is 59.5 Å². The Balaban J connectivity index is 2.24. The van der Waals surface area contributed by atoms with Gasteiger partial charge in [0, 0.05) is 6.54 Å². The summed E-state index contributed by atoms with van der Waals surface area (Å²) in [5.74, 6) is 0.725. The molecule has 108 valence electrons. The Morgan fingerprint density at radius 3 is 2.68 bits per heavy atom. The first-order valence-corrected chi connectivity index (χ1v) is 8.25. The van der Waals surface area contributed by atoms with E-state index in [1.54, 1.807) is 0 Å². The lowest BCUT2D eigenvalue weighted by Gasteiger charge is -2.22. The molecule has 0 amide bonds. The van der Waals surface area contributed by atoms with Gasteiger partial charge in [-0.1, -0.05) is 27.7 Å². The van der Waals surface area contributed by atoms with Crippen LogP contribution in [-0.2, 0) is 6.54 Å². The lowest BCUT2D eigenvalue weighted by atomic mass is 10.0. The maximum Gasteiger partial charge on any atom is 0.0698 e. The van der Waals surface area contributed by atoms with E-state index in [1.165, 1.54) is 18.5 Å². The Morgan fingerprint density at radius 2 is 2.16 bits per heavy atom. The van der Waals surface area contributed by atoms with Crippen LogP contribution in [0, 0.1) is 11.3 Å². The molecule has 0 radical (unpaired) electrons. The third-order valence-electron chi connectivity index (χ3n) is 4.17. The van der Waals surface area contributed by atoms with E-state index in [0.29, 0.717) is 11.5 Å². The molecule has 0 aromatic carbocycles. The molecule has 1 aromatic heterocycles. The summed E-state index contributed by atoms with van der Waals surface area (Å²) in [6.07, 6.45) is 5.54. The van der Waals surface area contributed by atoms with E-state index < -0.39 is 0 Å². The van der Waals surface area contributed by atoms with Crippen molar-refractivity contribution in [2.75, 3.05) is 6.54 Å². The highest BCUT2D eigenvalue weighted by molar-refractivity contribution is 9.10. The van der Waals surface area contributed by atoms with Gasteiger partial charge in [0.2, 0.25) is 0 Å². The molecule has 1 saturated carbocycles. The van der Waals surface area contributed by atoms with Gasteiger partial charge in [0.25, 0.3) is 0 Å². The van der Waals surface area contributed by atoms with Crippen LogP contribution in [0.2, 0.25) is 0 Å². The third-order valence-corrected chi connectivity index (χ3v) is 4.78. The van der Waals surface area contributed by atoms with Gasteiger partial charge in [-0.05, 0) is 53.1 Å². The monoisotopic (exact) mass is 327 g/mol. The molecule has 1 aliphatic carbocycles. The predicted octanol–water partition coefficient (Wildman–Crippen LogP) is 4.14. The average Bonchev–Trinajstić information content (AvgIpc) is 2.83. The first-order valence-electron chi connectivity index (χ1n) is 7.45. The summed E-state index contributed by atoms with van der Waals surface area (Å²) in [6, 6.07) is 0.429. The molecule has 2 unspecified atom stereocenters. The van der Waals surface area contributed by atoms with Crippen molar-refractivity contribution < 1.29 is 0 Å². The summed E-state index contributed by atoms with van der Waals surface area (Å²) in [5.41, 5.74) is 1.80. The van der Waals surface area contributed by atoms with E-state index in [2.05, 4.69) is 58.7 Å². The number of hydrogen-bond acceptors (Lipinski definition) is 2. The van der Waals surface area contributed by atoms with Crippen LogP contribution >= 0.6 is 15.9 Å². The van der Waals surface area contributed by atoms with Gasteiger partial charge in [-0.3, -0.25) is 4.68 Å². The van der Waals surface area contributed by atoms with Gasteiger partial charge < -0.3 is 5.32 Å². The molecule has 2 rings (SSSR count). The standard InChI is InChI=1S/C15H26BrN3/c1-5-7-17-13(11-9-15(11,3)4)14-12(16)10-18-19(14)8-6-2/h10-11,13,17H,5-9H2,1-4H3. The van der Waals surface area contributed by atoms with Crippen LogP contribution in [0.3, 0.4) is 0 Å². The minimum atomic E-state index is 0.429. The maximum atomic E-state index is 4.52. The van der Waals surface area contributed by atoms with Crippen molar-refractivity contribution >= 4 is 15.9 Å². The molecule has 1 fully saturated rings. The predicted molar refractivity (Wildman–Crippen MR) is 83.1 cm³/mol. The molecule has 4 heteroatoms. The molecule has 0 aliphatic heterocycles. The van der Waals surface area contributed by atoms with Crippen molar-refractivity contribution in [3.05, 3.63) is 16.4 Å². The summed E-state index contributed by atoms with van der Waals surface area (Å²) in [5, 5.41) is 8.26. The molecular weight excluding hydrogens is 302 g/mol. The van der Waals surface area contributed by atoms with Crippen LogP contribution in [-0.4, -0.2) is 16.3 Å². The summed E-state index contributed by atoms with van der Waals surface area (Å²) in [7, 11) is 0. The highest BCUT2D eigenvalue weighted by Crippen LogP contribution is 2.58. The largest absolute Gasteiger partial charge is 0.308 e. The van der Waals surface area contributed by atoms with Crippen LogP contribution in [0.5, 0.6) is 0 Å². The van der Waals surface area contributed by atoms with E-state index >= 15 is 0 Å². The van der Waals surface area contributed by atoms with Gasteiger partial charge in [-0.25, -0.2) is 0 Å². The number of nitrogens with one attached hydrogen (secondary N) is 1. The lowest BCUT2D eigenvalue weighted by Crippen LogP contribution is -2.28. The van der Waals surface area contributed by atoms with E-state index in [-0.39, 0.29) is 0 Å². The minimum absolute atomic E-state index is 0.429. The summed E-state index contributed by atoms with van der Waals surface area (Å²) in [6.45, 7) is 11.2. The minimum Gasteiger partial charge on any atom is -0.308 e. The van der Waals surface area contributed by atoms with Gasteiger partial charge in [0.05, 0.1) is 22.4 Å². The SMILES string of the molecule is CCCNC(c1c(Br)cnn1CCC)C1CC1(C)C. The molecule has 1 heterocycles. The number of nitrogens with zero attached hydrogens (tertiary/aromatic N) is 2. The van der Waals surface area contributed by atoms with Crippen molar-refractivity contribution in [1.82, 2.24) is 15.1 Å². The Labute approximate surface area is 125 Å². The number of halogens is 1.